The van der Waals surface area contributed by atoms with E-state index >= 15 is 0 Å². The van der Waals surface area contributed by atoms with Crippen LogP contribution in [0.5, 0.6) is 0 Å². The van der Waals surface area contributed by atoms with Gasteiger partial charge in [0.05, 0.1) is 13.2 Å². The van der Waals surface area contributed by atoms with Gasteiger partial charge in [-0.05, 0) is 37.5 Å². The average molecular weight is 374 g/mol. The molecule has 2 aromatic rings. The molecule has 0 spiro atoms. The summed E-state index contributed by atoms with van der Waals surface area (Å²) in [6.07, 6.45) is 2.32. The number of carbonyl (C=O) groups excluding carboxylic acids is 1. The highest BCUT2D eigenvalue weighted by molar-refractivity contribution is 7.57. The summed E-state index contributed by atoms with van der Waals surface area (Å²) in [5.41, 5.74) is 1.11. The maximum absolute atomic E-state index is 13.3. The average Bonchev–Trinajstić information content (AvgIpc) is 2.64. The number of hydrogen-bond donors (Lipinski definition) is 0. The summed E-state index contributed by atoms with van der Waals surface area (Å²) in [4.78, 5) is 13.3. The second kappa shape index (κ2) is 9.82. The third kappa shape index (κ3) is 5.14. The van der Waals surface area contributed by atoms with E-state index in [-0.39, 0.29) is 19.0 Å². The van der Waals surface area contributed by atoms with Crippen LogP contribution in [0.3, 0.4) is 0 Å². The van der Waals surface area contributed by atoms with Crippen LogP contribution in [0.25, 0.3) is 10.8 Å². The quantitative estimate of drug-likeness (QED) is 0.276. The molecular formula is C21H27O4P. The van der Waals surface area contributed by atoms with E-state index in [2.05, 4.69) is 6.92 Å². The topological polar surface area (TPSA) is 52.6 Å². The molecule has 0 aromatic heterocycles. The molecule has 0 unspecified atom stereocenters. The highest BCUT2D eigenvalue weighted by Gasteiger charge is 2.25. The molecule has 0 aliphatic heterocycles. The number of unbranched alkanes of at least 4 members (excludes halogenated alkanes) is 1. The van der Waals surface area contributed by atoms with Gasteiger partial charge in [0.1, 0.15) is 0 Å². The number of fused-ring (bicyclic) bond motifs is 1. The minimum atomic E-state index is -3.43. The molecule has 0 fully saturated rings. The van der Waals surface area contributed by atoms with Crippen LogP contribution in [-0.2, 0) is 13.6 Å². The molecule has 4 nitrogen and oxygen atoms in total. The number of ketones is 1. The summed E-state index contributed by atoms with van der Waals surface area (Å²) in [5.74, 6) is 1.31. The van der Waals surface area contributed by atoms with Crippen molar-refractivity contribution in [2.75, 3.05) is 13.2 Å². The van der Waals surface area contributed by atoms with E-state index in [1.165, 1.54) is 5.82 Å². The molecule has 26 heavy (non-hydrogen) atoms. The number of rotatable bonds is 10. The van der Waals surface area contributed by atoms with Gasteiger partial charge in [-0.2, -0.15) is 0 Å². The van der Waals surface area contributed by atoms with Crippen molar-refractivity contribution in [1.82, 2.24) is 0 Å². The van der Waals surface area contributed by atoms with Gasteiger partial charge in [0.25, 0.3) is 0 Å². The van der Waals surface area contributed by atoms with Gasteiger partial charge >= 0.3 is 7.60 Å². The zero-order valence-electron chi connectivity index (χ0n) is 15.7. The predicted octanol–water partition coefficient (Wildman–Crippen LogP) is 6.36. The van der Waals surface area contributed by atoms with Gasteiger partial charge in [-0.3, -0.25) is 9.36 Å². The monoisotopic (exact) mass is 374 g/mol. The van der Waals surface area contributed by atoms with Crippen molar-refractivity contribution in [3.05, 3.63) is 59.4 Å². The first-order valence-corrected chi connectivity index (χ1v) is 10.8. The van der Waals surface area contributed by atoms with E-state index < -0.39 is 7.60 Å². The molecule has 0 aliphatic rings. The lowest BCUT2D eigenvalue weighted by Gasteiger charge is -2.16. The third-order valence-electron chi connectivity index (χ3n) is 4.06. The standard InChI is InChI=1S/C21H27O4P/c1-4-7-11-18(16-26(23,24-5-2)25-6-3)21(22)20-15-10-13-17-12-8-9-14-19(17)20/h8-10,12-16H,4-7,11H2,1-3H3/b18-16+. The van der Waals surface area contributed by atoms with E-state index in [1.807, 2.05) is 42.5 Å². The van der Waals surface area contributed by atoms with Crippen LogP contribution in [0.2, 0.25) is 0 Å². The summed E-state index contributed by atoms with van der Waals surface area (Å²) >= 11 is 0. The molecule has 140 valence electrons. The van der Waals surface area contributed by atoms with Gasteiger partial charge in [0.15, 0.2) is 5.78 Å². The molecule has 0 saturated heterocycles. The van der Waals surface area contributed by atoms with Crippen molar-refractivity contribution in [3.63, 3.8) is 0 Å². The zero-order chi connectivity index (χ0) is 19.0. The Morgan fingerprint density at radius 1 is 1.00 bits per heavy atom. The largest absolute Gasteiger partial charge is 0.354 e. The van der Waals surface area contributed by atoms with E-state index in [1.54, 1.807) is 13.8 Å². The summed E-state index contributed by atoms with van der Waals surface area (Å²) in [6.45, 7) is 6.11. The fourth-order valence-electron chi connectivity index (χ4n) is 2.86. The Bertz CT molecular complexity index is 810. The molecule has 0 aliphatic carbocycles. The van der Waals surface area contributed by atoms with Gasteiger partial charge in [-0.25, -0.2) is 0 Å². The molecule has 2 aromatic carbocycles. The lowest BCUT2D eigenvalue weighted by molar-refractivity contribution is 0.103. The molecule has 2 rings (SSSR count). The van der Waals surface area contributed by atoms with Crippen molar-refractivity contribution in [2.24, 2.45) is 0 Å². The van der Waals surface area contributed by atoms with Gasteiger partial charge in [0.2, 0.25) is 0 Å². The number of carbonyl (C=O) groups is 1. The first kappa shape index (κ1) is 20.6. The lowest BCUT2D eigenvalue weighted by Crippen LogP contribution is -2.06. The summed E-state index contributed by atoms with van der Waals surface area (Å²) in [7, 11) is -3.43. The smallest absolute Gasteiger partial charge is 0.306 e. The molecule has 0 N–H and O–H groups in total. The number of Topliss-reactive ketones (excluding diaryl/α,β-unsaturated/α-hetero) is 1. The first-order chi connectivity index (χ1) is 12.5. The van der Waals surface area contributed by atoms with Gasteiger partial charge in [-0.15, -0.1) is 0 Å². The fraction of sp³-hybridized carbons (Fsp3) is 0.381. The van der Waals surface area contributed by atoms with E-state index in [9.17, 15) is 9.36 Å². The summed E-state index contributed by atoms with van der Waals surface area (Å²) in [6, 6.07) is 13.4. The Labute approximate surface area is 155 Å². The Morgan fingerprint density at radius 3 is 2.31 bits per heavy atom. The number of allylic oxidation sites excluding steroid dienone is 1. The van der Waals surface area contributed by atoms with Gasteiger partial charge in [-0.1, -0.05) is 55.8 Å². The van der Waals surface area contributed by atoms with Gasteiger partial charge < -0.3 is 9.05 Å². The normalized spacial score (nSPS) is 12.5. The minimum Gasteiger partial charge on any atom is -0.306 e. The lowest BCUT2D eigenvalue weighted by atomic mass is 9.95. The number of hydrogen-bond acceptors (Lipinski definition) is 4. The molecule has 0 saturated carbocycles. The summed E-state index contributed by atoms with van der Waals surface area (Å²) < 4.78 is 23.6. The van der Waals surface area contributed by atoms with Crippen molar-refractivity contribution >= 4 is 24.2 Å². The van der Waals surface area contributed by atoms with Crippen molar-refractivity contribution in [1.29, 1.82) is 0 Å². The second-order valence-electron chi connectivity index (χ2n) is 5.99. The predicted molar refractivity (Wildman–Crippen MR) is 107 cm³/mol. The van der Waals surface area contributed by atoms with Crippen molar-refractivity contribution in [2.45, 2.75) is 40.0 Å². The zero-order valence-corrected chi connectivity index (χ0v) is 16.6. The van der Waals surface area contributed by atoms with E-state index in [0.29, 0.717) is 17.6 Å². The van der Waals surface area contributed by atoms with Crippen LogP contribution in [0.4, 0.5) is 0 Å². The highest BCUT2D eigenvalue weighted by atomic mass is 31.2. The maximum Gasteiger partial charge on any atom is 0.354 e. The fourth-order valence-corrected chi connectivity index (χ4v) is 4.43. The van der Waals surface area contributed by atoms with Crippen LogP contribution in [0.1, 0.15) is 50.4 Å². The van der Waals surface area contributed by atoms with E-state index in [0.717, 1.165) is 23.6 Å². The molecule has 5 heteroatoms. The third-order valence-corrected chi connectivity index (χ3v) is 5.92. The van der Waals surface area contributed by atoms with Crippen LogP contribution in [-0.4, -0.2) is 19.0 Å². The Morgan fingerprint density at radius 2 is 1.65 bits per heavy atom. The molecule has 0 radical (unpaired) electrons. The number of benzene rings is 2. The van der Waals surface area contributed by atoms with Crippen LogP contribution >= 0.6 is 7.60 Å². The molecule has 0 heterocycles. The molecular weight excluding hydrogens is 347 g/mol. The van der Waals surface area contributed by atoms with Crippen LogP contribution < -0.4 is 0 Å². The first-order valence-electron chi connectivity index (χ1n) is 9.17. The SMILES string of the molecule is CCCC/C(=C\P(=O)(OCC)OCC)C(=O)c1cccc2ccccc12. The second-order valence-corrected chi connectivity index (χ2v) is 7.84. The highest BCUT2D eigenvalue weighted by Crippen LogP contribution is 2.51. The molecule has 0 amide bonds. The van der Waals surface area contributed by atoms with Crippen molar-refractivity contribution in [3.8, 4) is 0 Å². The van der Waals surface area contributed by atoms with Crippen molar-refractivity contribution < 1.29 is 18.4 Å². The molecule has 0 atom stereocenters. The Kier molecular flexibility index (Phi) is 7.77. The minimum absolute atomic E-state index is 0.116. The Hall–Kier alpha value is -1.74. The van der Waals surface area contributed by atoms with Gasteiger partial charge in [0, 0.05) is 17.0 Å². The molecule has 0 bridgehead atoms. The van der Waals surface area contributed by atoms with Crippen LogP contribution in [0.15, 0.2) is 53.9 Å². The Balaban J connectivity index is 2.49. The maximum atomic E-state index is 13.3. The summed E-state index contributed by atoms with van der Waals surface area (Å²) in [5, 5.41) is 1.90. The van der Waals surface area contributed by atoms with E-state index in [4.69, 9.17) is 9.05 Å². The van der Waals surface area contributed by atoms with Crippen LogP contribution in [0, 0.1) is 0 Å².